The van der Waals surface area contributed by atoms with Crippen LogP contribution in [-0.2, 0) is 0 Å². The molecule has 0 bridgehead atoms. The minimum Gasteiger partial charge on any atom is -0.333 e. The fourth-order valence-electron chi connectivity index (χ4n) is 1.62. The molecule has 0 aromatic carbocycles. The summed E-state index contributed by atoms with van der Waals surface area (Å²) in [6.07, 6.45) is 2.89. The zero-order chi connectivity index (χ0) is 11.5. The average Bonchev–Trinajstić information content (AvgIpc) is 2.29. The lowest BCUT2D eigenvalue weighted by atomic mass is 10.2. The van der Waals surface area contributed by atoms with Gasteiger partial charge in [0.25, 0.3) is 5.91 Å². The molecule has 0 aliphatic carbocycles. The van der Waals surface area contributed by atoms with E-state index in [4.69, 9.17) is 11.6 Å². The van der Waals surface area contributed by atoms with Crippen molar-refractivity contribution >= 4 is 29.3 Å². The minimum atomic E-state index is -0.0807. The van der Waals surface area contributed by atoms with Gasteiger partial charge in [0, 0.05) is 24.1 Å². The highest BCUT2D eigenvalue weighted by molar-refractivity contribution is 7.99. The first-order chi connectivity index (χ1) is 7.68. The summed E-state index contributed by atoms with van der Waals surface area (Å²) >= 11 is 7.58. The Morgan fingerprint density at radius 3 is 3.12 bits per heavy atom. The molecule has 1 saturated heterocycles. The van der Waals surface area contributed by atoms with Gasteiger partial charge in [0.2, 0.25) is 0 Å². The number of nitrogens with zero attached hydrogens (tertiary/aromatic N) is 3. The van der Waals surface area contributed by atoms with Crippen LogP contribution in [0.2, 0.25) is 5.15 Å². The second-order valence-electron chi connectivity index (χ2n) is 3.65. The van der Waals surface area contributed by atoms with Crippen LogP contribution < -0.4 is 0 Å². The molecule has 1 aromatic heterocycles. The van der Waals surface area contributed by atoms with Crippen molar-refractivity contribution in [3.8, 4) is 0 Å². The molecule has 0 N–H and O–H groups in total. The number of hydrogen-bond donors (Lipinski definition) is 0. The standard InChI is InChI=1S/C10H12ClN3OS/c1-7-6-16-3-2-14(7)10(15)8-4-12-5-9(11)13-8/h4-5,7H,2-3,6H2,1H3. The molecule has 1 aromatic rings. The van der Waals surface area contributed by atoms with Gasteiger partial charge in [0.15, 0.2) is 0 Å². The first kappa shape index (κ1) is 11.7. The zero-order valence-corrected chi connectivity index (χ0v) is 10.5. The molecule has 1 aliphatic rings. The molecule has 0 spiro atoms. The normalized spacial score (nSPS) is 20.9. The van der Waals surface area contributed by atoms with E-state index in [1.807, 2.05) is 23.6 Å². The van der Waals surface area contributed by atoms with Gasteiger partial charge in [-0.1, -0.05) is 11.6 Å². The minimum absolute atomic E-state index is 0.0807. The van der Waals surface area contributed by atoms with Crippen molar-refractivity contribution in [2.24, 2.45) is 0 Å². The molecule has 0 saturated carbocycles. The molecule has 4 nitrogen and oxygen atoms in total. The van der Waals surface area contributed by atoms with Crippen molar-refractivity contribution in [3.63, 3.8) is 0 Å². The maximum atomic E-state index is 12.1. The van der Waals surface area contributed by atoms with Gasteiger partial charge in [0.1, 0.15) is 10.8 Å². The van der Waals surface area contributed by atoms with Crippen molar-refractivity contribution in [1.29, 1.82) is 0 Å². The molecule has 2 heterocycles. The van der Waals surface area contributed by atoms with Crippen LogP contribution >= 0.6 is 23.4 Å². The predicted molar refractivity (Wildman–Crippen MR) is 64.9 cm³/mol. The summed E-state index contributed by atoms with van der Waals surface area (Å²) in [5.41, 5.74) is 0.325. The van der Waals surface area contributed by atoms with Gasteiger partial charge in [-0.15, -0.1) is 0 Å². The van der Waals surface area contributed by atoms with Crippen LogP contribution in [0.25, 0.3) is 0 Å². The molecule has 6 heteroatoms. The third kappa shape index (κ3) is 2.47. The Balaban J connectivity index is 2.17. The second-order valence-corrected chi connectivity index (χ2v) is 5.19. The summed E-state index contributed by atoms with van der Waals surface area (Å²) in [7, 11) is 0. The molecule has 1 aliphatic heterocycles. The Labute approximate surface area is 103 Å². The molecule has 86 valence electrons. The van der Waals surface area contributed by atoms with Crippen LogP contribution in [0.15, 0.2) is 12.4 Å². The summed E-state index contributed by atoms with van der Waals surface area (Å²) in [6, 6.07) is 0.243. The summed E-state index contributed by atoms with van der Waals surface area (Å²) < 4.78 is 0. The third-order valence-electron chi connectivity index (χ3n) is 2.45. The fourth-order valence-corrected chi connectivity index (χ4v) is 2.78. The number of amides is 1. The number of carbonyl (C=O) groups is 1. The Morgan fingerprint density at radius 1 is 1.62 bits per heavy atom. The smallest absolute Gasteiger partial charge is 0.274 e. The summed E-state index contributed by atoms with van der Waals surface area (Å²) in [6.45, 7) is 2.81. The summed E-state index contributed by atoms with van der Waals surface area (Å²) in [5, 5.41) is 0.255. The van der Waals surface area contributed by atoms with Gasteiger partial charge in [-0.05, 0) is 6.92 Å². The van der Waals surface area contributed by atoms with E-state index in [1.165, 1.54) is 12.4 Å². The first-order valence-corrected chi connectivity index (χ1v) is 6.58. The Kier molecular flexibility index (Phi) is 3.66. The van der Waals surface area contributed by atoms with Gasteiger partial charge in [-0.25, -0.2) is 4.98 Å². The quantitative estimate of drug-likeness (QED) is 0.768. The number of halogens is 1. The van der Waals surface area contributed by atoms with Crippen molar-refractivity contribution in [2.75, 3.05) is 18.1 Å². The predicted octanol–water partition coefficient (Wildman–Crippen LogP) is 1.71. The maximum Gasteiger partial charge on any atom is 0.274 e. The highest BCUT2D eigenvalue weighted by Crippen LogP contribution is 2.18. The van der Waals surface area contributed by atoms with E-state index in [0.29, 0.717) is 5.69 Å². The average molecular weight is 258 g/mol. The molecule has 16 heavy (non-hydrogen) atoms. The lowest BCUT2D eigenvalue weighted by molar-refractivity contribution is 0.0709. The number of aromatic nitrogens is 2. The van der Waals surface area contributed by atoms with Gasteiger partial charge in [0.05, 0.1) is 12.4 Å². The van der Waals surface area contributed by atoms with E-state index in [9.17, 15) is 4.79 Å². The highest BCUT2D eigenvalue weighted by Gasteiger charge is 2.25. The molecule has 1 fully saturated rings. The summed E-state index contributed by atoms with van der Waals surface area (Å²) in [4.78, 5) is 21.8. The Hall–Kier alpha value is -0.810. The number of thioether (sulfide) groups is 1. The second kappa shape index (κ2) is 5.01. The molecular formula is C10H12ClN3OS. The molecule has 0 radical (unpaired) electrons. The van der Waals surface area contributed by atoms with Crippen LogP contribution in [-0.4, -0.2) is 44.9 Å². The lowest BCUT2D eigenvalue weighted by Crippen LogP contribution is -2.44. The van der Waals surface area contributed by atoms with E-state index in [2.05, 4.69) is 9.97 Å². The Morgan fingerprint density at radius 2 is 2.44 bits per heavy atom. The van der Waals surface area contributed by atoms with Gasteiger partial charge < -0.3 is 4.90 Å². The van der Waals surface area contributed by atoms with Crippen LogP contribution in [0.3, 0.4) is 0 Å². The number of carbonyl (C=O) groups excluding carboxylic acids is 1. The van der Waals surface area contributed by atoms with Crippen LogP contribution in [0.1, 0.15) is 17.4 Å². The van der Waals surface area contributed by atoms with Gasteiger partial charge in [-0.2, -0.15) is 11.8 Å². The van der Waals surface area contributed by atoms with E-state index in [0.717, 1.165) is 18.1 Å². The topological polar surface area (TPSA) is 46.1 Å². The third-order valence-corrected chi connectivity index (χ3v) is 3.82. The van der Waals surface area contributed by atoms with Crippen molar-refractivity contribution < 1.29 is 4.79 Å². The highest BCUT2D eigenvalue weighted by atomic mass is 35.5. The summed E-state index contributed by atoms with van der Waals surface area (Å²) in [5.74, 6) is 1.87. The number of hydrogen-bond acceptors (Lipinski definition) is 4. The van der Waals surface area contributed by atoms with Crippen LogP contribution in [0.5, 0.6) is 0 Å². The Bertz CT molecular complexity index is 401. The van der Waals surface area contributed by atoms with E-state index >= 15 is 0 Å². The molecule has 1 amide bonds. The van der Waals surface area contributed by atoms with Crippen molar-refractivity contribution in [1.82, 2.24) is 14.9 Å². The van der Waals surface area contributed by atoms with Crippen molar-refractivity contribution in [3.05, 3.63) is 23.2 Å². The molecule has 1 atom stereocenters. The molecular weight excluding hydrogens is 246 g/mol. The van der Waals surface area contributed by atoms with E-state index in [1.54, 1.807) is 0 Å². The monoisotopic (exact) mass is 257 g/mol. The molecule has 2 rings (SSSR count). The lowest BCUT2D eigenvalue weighted by Gasteiger charge is -2.32. The maximum absolute atomic E-state index is 12.1. The van der Waals surface area contributed by atoms with Crippen LogP contribution in [0.4, 0.5) is 0 Å². The number of rotatable bonds is 1. The SMILES string of the molecule is CC1CSCCN1C(=O)c1cncc(Cl)n1. The van der Waals surface area contributed by atoms with E-state index < -0.39 is 0 Å². The first-order valence-electron chi connectivity index (χ1n) is 5.05. The van der Waals surface area contributed by atoms with Gasteiger partial charge >= 0.3 is 0 Å². The van der Waals surface area contributed by atoms with Crippen LogP contribution in [0, 0.1) is 0 Å². The molecule has 1 unspecified atom stereocenters. The van der Waals surface area contributed by atoms with Gasteiger partial charge in [-0.3, -0.25) is 9.78 Å². The van der Waals surface area contributed by atoms with Crippen molar-refractivity contribution in [2.45, 2.75) is 13.0 Å². The fraction of sp³-hybridized carbons (Fsp3) is 0.500. The largest absolute Gasteiger partial charge is 0.333 e. The van der Waals surface area contributed by atoms with E-state index in [-0.39, 0.29) is 17.1 Å². The zero-order valence-electron chi connectivity index (χ0n) is 8.89.